The van der Waals surface area contributed by atoms with E-state index in [0.717, 1.165) is 0 Å². The maximum absolute atomic E-state index is 10.5. The number of hydrogen-bond acceptors (Lipinski definition) is 2. The minimum absolute atomic E-state index is 0.0735. The lowest BCUT2D eigenvalue weighted by Gasteiger charge is -2.19. The van der Waals surface area contributed by atoms with Crippen LogP contribution in [0.1, 0.15) is 34.1 Å². The molecule has 0 aromatic heterocycles. The minimum Gasteiger partial charge on any atom is -0.478 e. The average molecular weight is 171 g/mol. The summed E-state index contributed by atoms with van der Waals surface area (Å²) in [6.07, 6.45) is 2.11. The van der Waals surface area contributed by atoms with Crippen LogP contribution in [0.5, 0.6) is 0 Å². The summed E-state index contributed by atoms with van der Waals surface area (Å²) in [5.41, 5.74) is 0.334. The van der Waals surface area contributed by atoms with E-state index >= 15 is 0 Å². The van der Waals surface area contributed by atoms with E-state index in [1.165, 1.54) is 0 Å². The Bertz CT molecular complexity index is 189. The quantitative estimate of drug-likeness (QED) is 0.636. The summed E-state index contributed by atoms with van der Waals surface area (Å²) in [5.74, 6) is -0.853. The Morgan fingerprint density at radius 2 is 2.00 bits per heavy atom. The van der Waals surface area contributed by atoms with Gasteiger partial charge in [-0.25, -0.2) is 4.79 Å². The number of aliphatic carboxylic acids is 1. The van der Waals surface area contributed by atoms with Crippen molar-refractivity contribution in [2.24, 2.45) is 0 Å². The Morgan fingerprint density at radius 1 is 1.50 bits per heavy atom. The Morgan fingerprint density at radius 3 is 2.25 bits per heavy atom. The number of carboxylic acids is 1. The van der Waals surface area contributed by atoms with Crippen LogP contribution in [0.2, 0.25) is 0 Å². The molecule has 0 amide bonds. The fourth-order valence-electron chi connectivity index (χ4n) is 0.619. The van der Waals surface area contributed by atoms with Crippen LogP contribution >= 0.6 is 0 Å². The van der Waals surface area contributed by atoms with Gasteiger partial charge in [0.05, 0.1) is 5.57 Å². The molecule has 0 unspecified atom stereocenters. The van der Waals surface area contributed by atoms with Crippen molar-refractivity contribution in [1.29, 1.82) is 0 Å². The molecule has 0 atom stereocenters. The van der Waals surface area contributed by atoms with Gasteiger partial charge < -0.3 is 10.4 Å². The lowest BCUT2D eigenvalue weighted by Crippen LogP contribution is -2.31. The van der Waals surface area contributed by atoms with Crippen molar-refractivity contribution in [3.8, 4) is 0 Å². The van der Waals surface area contributed by atoms with Crippen molar-refractivity contribution in [3.05, 3.63) is 11.8 Å². The van der Waals surface area contributed by atoms with Crippen molar-refractivity contribution in [2.45, 2.75) is 39.7 Å². The van der Waals surface area contributed by atoms with Crippen molar-refractivity contribution < 1.29 is 9.90 Å². The van der Waals surface area contributed by atoms with Crippen LogP contribution in [0.4, 0.5) is 0 Å². The number of nitrogens with one attached hydrogen (secondary N) is 1. The standard InChI is InChI=1S/C9H17NO2/c1-5-7(8(11)12)6-10-9(2,3)4/h6,10H,5H2,1-4H3,(H,11,12). The highest BCUT2D eigenvalue weighted by molar-refractivity contribution is 5.86. The zero-order valence-corrected chi connectivity index (χ0v) is 8.14. The molecular weight excluding hydrogens is 154 g/mol. The van der Waals surface area contributed by atoms with E-state index in [1.54, 1.807) is 6.20 Å². The molecule has 3 nitrogen and oxygen atoms in total. The second-order valence-corrected chi connectivity index (χ2v) is 3.72. The first kappa shape index (κ1) is 11.0. The zero-order valence-electron chi connectivity index (χ0n) is 8.14. The largest absolute Gasteiger partial charge is 0.478 e. The van der Waals surface area contributed by atoms with E-state index in [1.807, 2.05) is 27.7 Å². The first-order valence-corrected chi connectivity index (χ1v) is 4.07. The zero-order chi connectivity index (χ0) is 9.78. The van der Waals surface area contributed by atoms with E-state index in [2.05, 4.69) is 5.32 Å². The summed E-state index contributed by atoms with van der Waals surface area (Å²) in [7, 11) is 0. The van der Waals surface area contributed by atoms with E-state index in [0.29, 0.717) is 12.0 Å². The van der Waals surface area contributed by atoms with Gasteiger partial charge in [0.15, 0.2) is 0 Å². The number of hydrogen-bond donors (Lipinski definition) is 2. The highest BCUT2D eigenvalue weighted by Gasteiger charge is 2.08. The molecule has 0 rings (SSSR count). The normalized spacial score (nSPS) is 12.8. The lowest BCUT2D eigenvalue weighted by atomic mass is 10.1. The van der Waals surface area contributed by atoms with Gasteiger partial charge in [0, 0.05) is 11.7 Å². The molecule has 0 aliphatic carbocycles. The van der Waals surface area contributed by atoms with Crippen LogP contribution < -0.4 is 5.32 Å². The smallest absolute Gasteiger partial charge is 0.333 e. The maximum Gasteiger partial charge on any atom is 0.333 e. The molecule has 0 saturated heterocycles. The van der Waals surface area contributed by atoms with Gasteiger partial charge in [-0.2, -0.15) is 0 Å². The molecule has 0 aliphatic heterocycles. The van der Waals surface area contributed by atoms with E-state index in [-0.39, 0.29) is 5.54 Å². The average Bonchev–Trinajstić information content (AvgIpc) is 1.85. The minimum atomic E-state index is -0.853. The molecule has 3 heteroatoms. The van der Waals surface area contributed by atoms with Gasteiger partial charge in [-0.05, 0) is 27.2 Å². The predicted octanol–water partition coefficient (Wildman–Crippen LogP) is 1.75. The lowest BCUT2D eigenvalue weighted by molar-refractivity contribution is -0.132. The molecule has 2 N–H and O–H groups in total. The highest BCUT2D eigenvalue weighted by Crippen LogP contribution is 2.03. The topological polar surface area (TPSA) is 49.3 Å². The van der Waals surface area contributed by atoms with Gasteiger partial charge in [-0.3, -0.25) is 0 Å². The molecule has 12 heavy (non-hydrogen) atoms. The molecule has 0 radical (unpaired) electrons. The van der Waals surface area contributed by atoms with E-state index in [4.69, 9.17) is 5.11 Å². The molecule has 0 saturated carbocycles. The molecule has 70 valence electrons. The molecule has 0 spiro atoms. The summed E-state index contributed by atoms with van der Waals surface area (Å²) in [6, 6.07) is 0. The SMILES string of the molecule is CCC(=CNC(C)(C)C)C(=O)O. The van der Waals surface area contributed by atoms with Crippen molar-refractivity contribution in [2.75, 3.05) is 0 Å². The fourth-order valence-corrected chi connectivity index (χ4v) is 0.619. The molecule has 0 bridgehead atoms. The summed E-state index contributed by atoms with van der Waals surface area (Å²) < 4.78 is 0. The number of rotatable bonds is 3. The molecule has 0 fully saturated rings. The van der Waals surface area contributed by atoms with Gasteiger partial charge in [-0.1, -0.05) is 6.92 Å². The van der Waals surface area contributed by atoms with Gasteiger partial charge in [0.1, 0.15) is 0 Å². The summed E-state index contributed by atoms with van der Waals surface area (Å²) in [5, 5.41) is 11.7. The molecular formula is C9H17NO2. The maximum atomic E-state index is 10.5. The third kappa shape index (κ3) is 4.77. The van der Waals surface area contributed by atoms with Gasteiger partial charge >= 0.3 is 5.97 Å². The van der Waals surface area contributed by atoms with Crippen molar-refractivity contribution >= 4 is 5.97 Å². The monoisotopic (exact) mass is 171 g/mol. The predicted molar refractivity (Wildman–Crippen MR) is 48.9 cm³/mol. The number of carboxylic acid groups (broad SMARTS) is 1. The molecule has 0 aromatic carbocycles. The van der Waals surface area contributed by atoms with Crippen LogP contribution in [-0.2, 0) is 4.79 Å². The Hall–Kier alpha value is -0.990. The van der Waals surface area contributed by atoms with Crippen LogP contribution in [0, 0.1) is 0 Å². The Labute approximate surface area is 73.5 Å². The first-order valence-electron chi connectivity index (χ1n) is 4.07. The third-order valence-electron chi connectivity index (χ3n) is 1.34. The van der Waals surface area contributed by atoms with E-state index in [9.17, 15) is 4.79 Å². The van der Waals surface area contributed by atoms with E-state index < -0.39 is 5.97 Å². The molecule has 0 aliphatic rings. The number of carbonyl (C=O) groups is 1. The second-order valence-electron chi connectivity index (χ2n) is 3.72. The van der Waals surface area contributed by atoms with Gasteiger partial charge in [0.25, 0.3) is 0 Å². The van der Waals surface area contributed by atoms with Gasteiger partial charge in [-0.15, -0.1) is 0 Å². The fraction of sp³-hybridized carbons (Fsp3) is 0.667. The summed E-state index contributed by atoms with van der Waals surface area (Å²) in [6.45, 7) is 7.78. The third-order valence-corrected chi connectivity index (χ3v) is 1.34. The molecule has 0 aromatic rings. The second kappa shape index (κ2) is 4.14. The summed E-state index contributed by atoms with van der Waals surface area (Å²) >= 11 is 0. The van der Waals surface area contributed by atoms with Crippen LogP contribution in [0.15, 0.2) is 11.8 Å². The van der Waals surface area contributed by atoms with Crippen LogP contribution in [0.3, 0.4) is 0 Å². The Balaban J connectivity index is 4.23. The van der Waals surface area contributed by atoms with Crippen molar-refractivity contribution in [1.82, 2.24) is 5.32 Å². The molecule has 0 heterocycles. The van der Waals surface area contributed by atoms with Crippen LogP contribution in [-0.4, -0.2) is 16.6 Å². The Kier molecular flexibility index (Phi) is 3.80. The van der Waals surface area contributed by atoms with Crippen molar-refractivity contribution in [3.63, 3.8) is 0 Å². The van der Waals surface area contributed by atoms with Gasteiger partial charge in [0.2, 0.25) is 0 Å². The highest BCUT2D eigenvalue weighted by atomic mass is 16.4. The van der Waals surface area contributed by atoms with Crippen LogP contribution in [0.25, 0.3) is 0 Å². The first-order chi connectivity index (χ1) is 5.37. The summed E-state index contributed by atoms with van der Waals surface area (Å²) in [4.78, 5) is 10.5.